The van der Waals surface area contributed by atoms with E-state index in [-0.39, 0.29) is 36.3 Å². The van der Waals surface area contributed by atoms with Crippen molar-refractivity contribution < 1.29 is 19.1 Å². The number of nitrogens with zero attached hydrogens (tertiary/aromatic N) is 3. The summed E-state index contributed by atoms with van der Waals surface area (Å²) in [5.41, 5.74) is 0. The summed E-state index contributed by atoms with van der Waals surface area (Å²) in [6, 6.07) is 6.08. The normalized spacial score (nSPS) is 21.9. The zero-order valence-electron chi connectivity index (χ0n) is 23.5. The van der Waals surface area contributed by atoms with Crippen molar-refractivity contribution in [2.45, 2.75) is 71.9 Å². The molecule has 1 aromatic rings. The summed E-state index contributed by atoms with van der Waals surface area (Å²) in [5, 5.41) is 3.57. The predicted molar refractivity (Wildman–Crippen MR) is 150 cm³/mol. The van der Waals surface area contributed by atoms with Crippen molar-refractivity contribution in [3.05, 3.63) is 29.3 Å². The number of carbonyl (C=O) groups is 3. The van der Waals surface area contributed by atoms with E-state index in [0.717, 1.165) is 38.9 Å². The predicted octanol–water partition coefficient (Wildman–Crippen LogP) is 3.82. The van der Waals surface area contributed by atoms with Gasteiger partial charge in [-0.15, -0.1) is 0 Å². The third-order valence-electron chi connectivity index (χ3n) is 7.10. The Morgan fingerprint density at radius 3 is 2.50 bits per heavy atom. The van der Waals surface area contributed by atoms with Crippen molar-refractivity contribution in [2.24, 2.45) is 11.8 Å². The van der Waals surface area contributed by atoms with Crippen molar-refractivity contribution in [2.75, 3.05) is 45.9 Å². The van der Waals surface area contributed by atoms with Gasteiger partial charge in [-0.05, 0) is 68.8 Å². The molecule has 1 aromatic carbocycles. The SMILES string of the molecule is CC(C)CC(=O)N1CCCN(CC(C)C)CCCCNC(=O)[C@@H]2C[C@H]1CN2C(=O)COc1cccc(Cl)c1. The van der Waals surface area contributed by atoms with Crippen molar-refractivity contribution in [3.8, 4) is 5.75 Å². The maximum atomic E-state index is 13.4. The van der Waals surface area contributed by atoms with Gasteiger partial charge in [0.1, 0.15) is 11.8 Å². The maximum absolute atomic E-state index is 13.4. The lowest BCUT2D eigenvalue weighted by molar-refractivity contribution is -0.140. The minimum absolute atomic E-state index is 0.0936. The Labute approximate surface area is 233 Å². The summed E-state index contributed by atoms with van der Waals surface area (Å²) in [4.78, 5) is 46.0. The summed E-state index contributed by atoms with van der Waals surface area (Å²) in [5.74, 6) is 0.970. The minimum Gasteiger partial charge on any atom is -0.484 e. The van der Waals surface area contributed by atoms with Gasteiger partial charge in [-0.3, -0.25) is 14.4 Å². The van der Waals surface area contributed by atoms with E-state index in [4.69, 9.17) is 16.3 Å². The molecule has 1 N–H and O–H groups in total. The van der Waals surface area contributed by atoms with E-state index in [1.54, 1.807) is 29.2 Å². The van der Waals surface area contributed by atoms with Crippen LogP contribution >= 0.6 is 11.6 Å². The molecule has 3 amide bonds. The van der Waals surface area contributed by atoms with Crippen LogP contribution in [0.25, 0.3) is 0 Å². The second kappa shape index (κ2) is 14.7. The molecule has 2 bridgehead atoms. The van der Waals surface area contributed by atoms with Crippen molar-refractivity contribution in [1.82, 2.24) is 20.0 Å². The Bertz CT molecular complexity index is 941. The van der Waals surface area contributed by atoms with Gasteiger partial charge in [-0.1, -0.05) is 45.4 Å². The third-order valence-corrected chi connectivity index (χ3v) is 7.34. The van der Waals surface area contributed by atoms with Crippen molar-refractivity contribution in [3.63, 3.8) is 0 Å². The number of likely N-dealkylation sites (tertiary alicyclic amines) is 1. The minimum atomic E-state index is -0.620. The van der Waals surface area contributed by atoms with Gasteiger partial charge in [0.15, 0.2) is 6.61 Å². The molecule has 2 aliphatic heterocycles. The van der Waals surface area contributed by atoms with Crippen molar-refractivity contribution >= 4 is 29.3 Å². The Balaban J connectivity index is 1.78. The van der Waals surface area contributed by atoms with E-state index in [0.29, 0.717) is 49.2 Å². The Morgan fingerprint density at radius 1 is 1.03 bits per heavy atom. The molecule has 0 aliphatic carbocycles. The van der Waals surface area contributed by atoms with Crippen LogP contribution in [0.2, 0.25) is 5.02 Å². The van der Waals surface area contributed by atoms with Crippen LogP contribution in [-0.2, 0) is 14.4 Å². The third kappa shape index (κ3) is 9.16. The van der Waals surface area contributed by atoms with E-state index in [2.05, 4.69) is 24.1 Å². The lowest BCUT2D eigenvalue weighted by Gasteiger charge is -2.31. The highest BCUT2D eigenvalue weighted by Crippen LogP contribution is 2.26. The number of rotatable bonds is 7. The lowest BCUT2D eigenvalue weighted by Crippen LogP contribution is -2.47. The highest BCUT2D eigenvalue weighted by atomic mass is 35.5. The van der Waals surface area contributed by atoms with Crippen LogP contribution in [-0.4, -0.2) is 90.4 Å². The number of fused-ring (bicyclic) bond motifs is 2. The van der Waals surface area contributed by atoms with Gasteiger partial charge in [0.25, 0.3) is 5.91 Å². The number of benzene rings is 1. The van der Waals surface area contributed by atoms with E-state index >= 15 is 0 Å². The number of hydrogen-bond acceptors (Lipinski definition) is 5. The molecule has 2 aliphatic rings. The number of ether oxygens (including phenoxy) is 1. The molecule has 2 heterocycles. The number of nitrogens with one attached hydrogen (secondary N) is 1. The molecule has 9 heteroatoms. The second-order valence-corrected chi connectivity index (χ2v) is 11.9. The van der Waals surface area contributed by atoms with Crippen LogP contribution in [0.15, 0.2) is 24.3 Å². The Morgan fingerprint density at radius 2 is 1.79 bits per heavy atom. The molecule has 2 fully saturated rings. The second-order valence-electron chi connectivity index (χ2n) is 11.4. The quantitative estimate of drug-likeness (QED) is 0.560. The Hall–Kier alpha value is -2.32. The van der Waals surface area contributed by atoms with E-state index in [9.17, 15) is 14.4 Å². The largest absolute Gasteiger partial charge is 0.484 e. The highest BCUT2D eigenvalue weighted by Gasteiger charge is 2.43. The molecule has 3 rings (SSSR count). The molecule has 8 nitrogen and oxygen atoms in total. The molecule has 0 unspecified atom stereocenters. The van der Waals surface area contributed by atoms with Gasteiger partial charge in [0, 0.05) is 37.6 Å². The fourth-order valence-electron chi connectivity index (χ4n) is 5.39. The number of halogens is 1. The number of hydrogen-bond donors (Lipinski definition) is 1. The van der Waals surface area contributed by atoms with Gasteiger partial charge in [0.05, 0.1) is 6.04 Å². The number of amides is 3. The average molecular weight is 549 g/mol. The first-order valence-corrected chi connectivity index (χ1v) is 14.5. The molecular formula is C29H45ClN4O4. The Kier molecular flexibility index (Phi) is 11.7. The first-order chi connectivity index (χ1) is 18.1. The monoisotopic (exact) mass is 548 g/mol. The first-order valence-electron chi connectivity index (χ1n) is 14.1. The van der Waals surface area contributed by atoms with Gasteiger partial charge in [-0.2, -0.15) is 0 Å². The van der Waals surface area contributed by atoms with E-state index in [1.807, 2.05) is 18.7 Å². The summed E-state index contributed by atoms with van der Waals surface area (Å²) < 4.78 is 5.71. The van der Waals surface area contributed by atoms with Crippen molar-refractivity contribution in [1.29, 1.82) is 0 Å². The van der Waals surface area contributed by atoms with Crippen LogP contribution < -0.4 is 10.1 Å². The maximum Gasteiger partial charge on any atom is 0.261 e. The fourth-order valence-corrected chi connectivity index (χ4v) is 5.57. The van der Waals surface area contributed by atoms with Crippen LogP contribution in [0.3, 0.4) is 0 Å². The molecule has 2 saturated heterocycles. The first kappa shape index (κ1) is 30.2. The molecule has 0 saturated carbocycles. The highest BCUT2D eigenvalue weighted by molar-refractivity contribution is 6.30. The lowest BCUT2D eigenvalue weighted by atomic mass is 10.1. The van der Waals surface area contributed by atoms with Gasteiger partial charge >= 0.3 is 0 Å². The summed E-state index contributed by atoms with van der Waals surface area (Å²) in [6.07, 6.45) is 3.65. The molecule has 0 spiro atoms. The smallest absolute Gasteiger partial charge is 0.261 e. The standard InChI is InChI=1S/C29H45ClN4O4/c1-21(2)15-27(35)33-14-8-13-32(18-22(3)4)12-6-5-11-31-29(37)26-17-24(33)19-34(26)28(36)20-38-25-10-7-9-23(30)16-25/h7,9-10,16,21-22,24,26H,5-6,8,11-15,17-20H2,1-4H3,(H,31,37)/t24-,26-/m0/s1. The average Bonchev–Trinajstić information content (AvgIpc) is 3.28. The van der Waals surface area contributed by atoms with Crippen LogP contribution in [0.4, 0.5) is 0 Å². The fraction of sp³-hybridized carbons (Fsp3) is 0.690. The molecule has 212 valence electrons. The van der Waals surface area contributed by atoms with E-state index < -0.39 is 6.04 Å². The zero-order chi connectivity index (χ0) is 27.7. The van der Waals surface area contributed by atoms with Crippen LogP contribution in [0.1, 0.15) is 59.8 Å². The topological polar surface area (TPSA) is 82.2 Å². The van der Waals surface area contributed by atoms with Crippen LogP contribution in [0, 0.1) is 11.8 Å². The van der Waals surface area contributed by atoms with Crippen LogP contribution in [0.5, 0.6) is 5.75 Å². The summed E-state index contributed by atoms with van der Waals surface area (Å²) in [7, 11) is 0. The summed E-state index contributed by atoms with van der Waals surface area (Å²) >= 11 is 6.04. The molecule has 0 aromatic heterocycles. The van der Waals surface area contributed by atoms with Gasteiger partial charge in [-0.25, -0.2) is 0 Å². The van der Waals surface area contributed by atoms with Gasteiger partial charge in [0.2, 0.25) is 11.8 Å². The molecule has 38 heavy (non-hydrogen) atoms. The summed E-state index contributed by atoms with van der Waals surface area (Å²) in [6.45, 7) is 12.8. The van der Waals surface area contributed by atoms with E-state index in [1.165, 1.54) is 0 Å². The number of carbonyl (C=O) groups excluding carboxylic acids is 3. The zero-order valence-corrected chi connectivity index (χ0v) is 24.2. The molecular weight excluding hydrogens is 504 g/mol. The molecule has 0 radical (unpaired) electrons. The molecule has 2 atom stereocenters. The van der Waals surface area contributed by atoms with Gasteiger partial charge < -0.3 is 24.8 Å².